The third-order valence-electron chi connectivity index (χ3n) is 1.86. The summed E-state index contributed by atoms with van der Waals surface area (Å²) in [6.45, 7) is 6.95. The number of hydrogen-bond acceptors (Lipinski definition) is 1. The third-order valence-corrected chi connectivity index (χ3v) is 1.86. The van der Waals surface area contributed by atoms with Crippen LogP contribution in [0.2, 0.25) is 0 Å². The number of carbonyl (C=O) groups excluding carboxylic acids is 1. The first-order valence-corrected chi connectivity index (χ1v) is 5.09. The van der Waals surface area contributed by atoms with Crippen LogP contribution in [0.25, 0.3) is 0 Å². The van der Waals surface area contributed by atoms with Gasteiger partial charge in [-0.15, -0.1) is 0 Å². The lowest BCUT2D eigenvalue weighted by Crippen LogP contribution is -2.41. The highest BCUT2D eigenvalue weighted by atomic mass is 16.2. The van der Waals surface area contributed by atoms with Gasteiger partial charge in [0.2, 0.25) is 0 Å². The predicted molar refractivity (Wildman–Crippen MR) is 55.8 cm³/mol. The number of carbonyl (C=O) groups is 1. The minimum Gasteiger partial charge on any atom is -0.336 e. The lowest BCUT2D eigenvalue weighted by Gasteiger charge is -2.19. The van der Waals surface area contributed by atoms with Crippen LogP contribution >= 0.6 is 0 Å². The van der Waals surface area contributed by atoms with Gasteiger partial charge >= 0.3 is 6.03 Å². The van der Waals surface area contributed by atoms with E-state index in [1.165, 1.54) is 12.8 Å². The fraction of sp³-hybridized carbons (Fsp3) is 0.900. The molecule has 0 saturated heterocycles. The quantitative estimate of drug-likeness (QED) is 0.656. The Morgan fingerprint density at radius 3 is 2.46 bits per heavy atom. The molecule has 0 aliphatic heterocycles. The molecule has 0 saturated carbocycles. The van der Waals surface area contributed by atoms with E-state index in [9.17, 15) is 4.79 Å². The van der Waals surface area contributed by atoms with Crippen LogP contribution in [0.1, 0.15) is 40.0 Å². The van der Waals surface area contributed by atoms with Gasteiger partial charge in [-0.3, -0.25) is 0 Å². The van der Waals surface area contributed by atoms with Crippen LogP contribution < -0.4 is 5.32 Å². The van der Waals surface area contributed by atoms with Crippen LogP contribution in [0.15, 0.2) is 0 Å². The summed E-state index contributed by atoms with van der Waals surface area (Å²) in [6, 6.07) is 0.257. The smallest absolute Gasteiger partial charge is 0.317 e. The van der Waals surface area contributed by atoms with Gasteiger partial charge in [0.25, 0.3) is 0 Å². The van der Waals surface area contributed by atoms with Crippen molar-refractivity contribution in [3.8, 4) is 0 Å². The number of amides is 2. The fourth-order valence-electron chi connectivity index (χ4n) is 1.06. The van der Waals surface area contributed by atoms with E-state index in [0.717, 1.165) is 13.0 Å². The van der Waals surface area contributed by atoms with E-state index in [1.54, 1.807) is 4.90 Å². The van der Waals surface area contributed by atoms with Crippen molar-refractivity contribution in [3.63, 3.8) is 0 Å². The van der Waals surface area contributed by atoms with Gasteiger partial charge < -0.3 is 10.2 Å². The summed E-state index contributed by atoms with van der Waals surface area (Å²) in [5, 5.41) is 2.86. The van der Waals surface area contributed by atoms with Crippen molar-refractivity contribution in [3.05, 3.63) is 0 Å². The highest BCUT2D eigenvalue weighted by Gasteiger charge is 2.07. The van der Waals surface area contributed by atoms with Crippen molar-refractivity contribution in [1.29, 1.82) is 0 Å². The molecule has 0 aliphatic rings. The van der Waals surface area contributed by atoms with E-state index in [1.807, 2.05) is 20.9 Å². The summed E-state index contributed by atoms with van der Waals surface area (Å²) >= 11 is 0. The first-order valence-electron chi connectivity index (χ1n) is 5.09. The summed E-state index contributed by atoms with van der Waals surface area (Å²) in [5.74, 6) is 0. The standard InChI is InChI=1S/C10H22N2O/c1-5-6-7-8-12(4)10(13)11-9(2)3/h9H,5-8H2,1-4H3,(H,11,13). The van der Waals surface area contributed by atoms with Crippen LogP contribution in [-0.4, -0.2) is 30.6 Å². The molecule has 0 spiro atoms. The summed E-state index contributed by atoms with van der Waals surface area (Å²) in [5.41, 5.74) is 0. The Balaban J connectivity index is 3.57. The van der Waals surface area contributed by atoms with E-state index >= 15 is 0 Å². The monoisotopic (exact) mass is 186 g/mol. The highest BCUT2D eigenvalue weighted by Crippen LogP contribution is 1.96. The Morgan fingerprint density at radius 1 is 1.38 bits per heavy atom. The molecule has 0 atom stereocenters. The molecule has 1 N–H and O–H groups in total. The normalized spacial score (nSPS) is 10.2. The van der Waals surface area contributed by atoms with Crippen molar-refractivity contribution >= 4 is 6.03 Å². The summed E-state index contributed by atoms with van der Waals surface area (Å²) in [7, 11) is 1.84. The number of unbranched alkanes of at least 4 members (excludes halogenated alkanes) is 2. The van der Waals surface area contributed by atoms with Gasteiger partial charge in [-0.2, -0.15) is 0 Å². The zero-order valence-electron chi connectivity index (χ0n) is 9.26. The molecule has 3 heteroatoms. The number of nitrogens with one attached hydrogen (secondary N) is 1. The third kappa shape index (κ3) is 6.43. The summed E-state index contributed by atoms with van der Waals surface area (Å²) in [4.78, 5) is 13.1. The SMILES string of the molecule is CCCCCN(C)C(=O)NC(C)C. The zero-order valence-corrected chi connectivity index (χ0v) is 9.26. The van der Waals surface area contributed by atoms with Gasteiger partial charge in [0, 0.05) is 19.6 Å². The Hall–Kier alpha value is -0.730. The molecule has 0 fully saturated rings. The number of hydrogen-bond donors (Lipinski definition) is 1. The second-order valence-corrected chi connectivity index (χ2v) is 3.73. The predicted octanol–water partition coefficient (Wildman–Crippen LogP) is 2.23. The first kappa shape index (κ1) is 12.3. The van der Waals surface area contributed by atoms with Gasteiger partial charge in [0.15, 0.2) is 0 Å². The molecule has 0 unspecified atom stereocenters. The van der Waals surface area contributed by atoms with E-state index in [2.05, 4.69) is 12.2 Å². The molecule has 0 aliphatic carbocycles. The molecular formula is C10H22N2O. The van der Waals surface area contributed by atoms with Crippen molar-refractivity contribution in [2.75, 3.05) is 13.6 Å². The van der Waals surface area contributed by atoms with Gasteiger partial charge in [-0.1, -0.05) is 19.8 Å². The average molecular weight is 186 g/mol. The molecule has 2 amide bonds. The van der Waals surface area contributed by atoms with Crippen LogP contribution in [0.4, 0.5) is 4.79 Å². The molecule has 0 aromatic heterocycles. The van der Waals surface area contributed by atoms with Gasteiger partial charge in [0.05, 0.1) is 0 Å². The van der Waals surface area contributed by atoms with Crippen molar-refractivity contribution in [2.45, 2.75) is 46.1 Å². The van der Waals surface area contributed by atoms with E-state index in [-0.39, 0.29) is 12.1 Å². The Kier molecular flexibility index (Phi) is 6.37. The lowest BCUT2D eigenvalue weighted by atomic mass is 10.2. The van der Waals surface area contributed by atoms with E-state index in [0.29, 0.717) is 0 Å². The van der Waals surface area contributed by atoms with Crippen LogP contribution in [0.3, 0.4) is 0 Å². The molecule has 0 radical (unpaired) electrons. The Labute approximate surface area is 81.5 Å². The first-order chi connectivity index (χ1) is 6.07. The maximum atomic E-state index is 11.4. The molecule has 0 bridgehead atoms. The number of nitrogens with zero attached hydrogens (tertiary/aromatic N) is 1. The molecule has 0 heterocycles. The van der Waals surface area contributed by atoms with Gasteiger partial charge in [0.1, 0.15) is 0 Å². The van der Waals surface area contributed by atoms with E-state index in [4.69, 9.17) is 0 Å². The van der Waals surface area contributed by atoms with Crippen LogP contribution in [-0.2, 0) is 0 Å². The van der Waals surface area contributed by atoms with Gasteiger partial charge in [-0.05, 0) is 20.3 Å². The summed E-state index contributed by atoms with van der Waals surface area (Å²) in [6.07, 6.45) is 3.48. The second kappa shape index (κ2) is 6.75. The maximum absolute atomic E-state index is 11.4. The zero-order chi connectivity index (χ0) is 10.3. The minimum absolute atomic E-state index is 0.0334. The van der Waals surface area contributed by atoms with Crippen molar-refractivity contribution < 1.29 is 4.79 Å². The molecular weight excluding hydrogens is 164 g/mol. The van der Waals surface area contributed by atoms with E-state index < -0.39 is 0 Å². The maximum Gasteiger partial charge on any atom is 0.317 e. The highest BCUT2D eigenvalue weighted by molar-refractivity contribution is 5.74. The molecule has 0 aromatic carbocycles. The fourth-order valence-corrected chi connectivity index (χ4v) is 1.06. The molecule has 3 nitrogen and oxygen atoms in total. The molecule has 0 rings (SSSR count). The van der Waals surface area contributed by atoms with Crippen LogP contribution in [0.5, 0.6) is 0 Å². The molecule has 78 valence electrons. The lowest BCUT2D eigenvalue weighted by molar-refractivity contribution is 0.205. The summed E-state index contributed by atoms with van der Waals surface area (Å²) < 4.78 is 0. The Morgan fingerprint density at radius 2 is 2.00 bits per heavy atom. The second-order valence-electron chi connectivity index (χ2n) is 3.73. The molecule has 0 aromatic rings. The number of urea groups is 1. The minimum atomic E-state index is 0.0334. The average Bonchev–Trinajstić information content (AvgIpc) is 2.03. The molecule has 13 heavy (non-hydrogen) atoms. The Bertz CT molecular complexity index is 146. The van der Waals surface area contributed by atoms with Crippen molar-refractivity contribution in [2.24, 2.45) is 0 Å². The number of rotatable bonds is 5. The van der Waals surface area contributed by atoms with Crippen LogP contribution in [0, 0.1) is 0 Å². The topological polar surface area (TPSA) is 32.3 Å². The van der Waals surface area contributed by atoms with Gasteiger partial charge in [-0.25, -0.2) is 4.79 Å². The largest absolute Gasteiger partial charge is 0.336 e. The van der Waals surface area contributed by atoms with Crippen molar-refractivity contribution in [1.82, 2.24) is 10.2 Å².